The molecule has 2 aliphatic rings. The Kier molecular flexibility index (Phi) is 2.11. The summed E-state index contributed by atoms with van der Waals surface area (Å²) in [6, 6.07) is 0. The van der Waals surface area contributed by atoms with Crippen LogP contribution < -0.4 is 5.32 Å². The van der Waals surface area contributed by atoms with Gasteiger partial charge in [-0.2, -0.15) is 0 Å². The molecule has 1 atom stereocenters. The van der Waals surface area contributed by atoms with Crippen LogP contribution in [0.1, 0.15) is 12.8 Å². The maximum Gasteiger partial charge on any atom is 0.105 e. The summed E-state index contributed by atoms with van der Waals surface area (Å²) in [5.74, 6) is 0. The normalized spacial score (nSPS) is 39.3. The van der Waals surface area contributed by atoms with Crippen LogP contribution >= 0.6 is 0 Å². The second-order valence-electron chi connectivity index (χ2n) is 3.36. The molecule has 3 heteroatoms. The third kappa shape index (κ3) is 1.55. The van der Waals surface area contributed by atoms with Crippen LogP contribution in [0.3, 0.4) is 0 Å². The van der Waals surface area contributed by atoms with Crippen molar-refractivity contribution in [3.63, 3.8) is 0 Å². The van der Waals surface area contributed by atoms with Gasteiger partial charge in [0.05, 0.1) is 6.61 Å². The van der Waals surface area contributed by atoms with E-state index in [1.807, 2.05) is 0 Å². The summed E-state index contributed by atoms with van der Waals surface area (Å²) < 4.78 is 11.2. The van der Waals surface area contributed by atoms with Gasteiger partial charge in [0.25, 0.3) is 0 Å². The fraction of sp³-hybridized carbons (Fsp3) is 1.00. The summed E-state index contributed by atoms with van der Waals surface area (Å²) >= 11 is 0. The molecule has 1 N–H and O–H groups in total. The maximum absolute atomic E-state index is 5.76. The van der Waals surface area contributed by atoms with Gasteiger partial charge in [-0.3, -0.25) is 0 Å². The third-order valence-corrected chi connectivity index (χ3v) is 2.41. The van der Waals surface area contributed by atoms with E-state index in [-0.39, 0.29) is 5.60 Å². The van der Waals surface area contributed by atoms with E-state index in [9.17, 15) is 0 Å². The van der Waals surface area contributed by atoms with Gasteiger partial charge in [-0.25, -0.2) is 0 Å². The van der Waals surface area contributed by atoms with Gasteiger partial charge in [-0.1, -0.05) is 0 Å². The Morgan fingerprint density at radius 2 is 2.27 bits per heavy atom. The molecule has 2 heterocycles. The number of hydrogen-bond acceptors (Lipinski definition) is 3. The van der Waals surface area contributed by atoms with Crippen LogP contribution in [-0.4, -0.2) is 38.5 Å². The van der Waals surface area contributed by atoms with E-state index >= 15 is 0 Å². The molecule has 0 bridgehead atoms. The fourth-order valence-corrected chi connectivity index (χ4v) is 1.72. The summed E-state index contributed by atoms with van der Waals surface area (Å²) in [7, 11) is 0. The molecular weight excluding hydrogens is 142 g/mol. The van der Waals surface area contributed by atoms with Crippen LogP contribution in [0.25, 0.3) is 0 Å². The monoisotopic (exact) mass is 157 g/mol. The van der Waals surface area contributed by atoms with Gasteiger partial charge in [-0.15, -0.1) is 0 Å². The molecule has 2 rings (SSSR count). The first-order valence-electron chi connectivity index (χ1n) is 4.34. The van der Waals surface area contributed by atoms with Crippen molar-refractivity contribution in [3.05, 3.63) is 0 Å². The van der Waals surface area contributed by atoms with E-state index in [1.165, 1.54) is 0 Å². The lowest BCUT2D eigenvalue weighted by molar-refractivity contribution is -0.0532. The van der Waals surface area contributed by atoms with E-state index in [1.54, 1.807) is 0 Å². The molecule has 3 nitrogen and oxygen atoms in total. The minimum atomic E-state index is 0.0243. The zero-order valence-electron chi connectivity index (χ0n) is 6.77. The van der Waals surface area contributed by atoms with E-state index in [0.717, 1.165) is 45.8 Å². The van der Waals surface area contributed by atoms with Gasteiger partial charge in [0.1, 0.15) is 5.60 Å². The van der Waals surface area contributed by atoms with Gasteiger partial charge in [0.2, 0.25) is 0 Å². The largest absolute Gasteiger partial charge is 0.378 e. The number of hydrogen-bond donors (Lipinski definition) is 1. The van der Waals surface area contributed by atoms with Gasteiger partial charge >= 0.3 is 0 Å². The van der Waals surface area contributed by atoms with Crippen LogP contribution in [0.15, 0.2) is 0 Å². The number of nitrogens with one attached hydrogen (secondary N) is 1. The zero-order valence-corrected chi connectivity index (χ0v) is 6.77. The summed E-state index contributed by atoms with van der Waals surface area (Å²) in [6.45, 7) is 4.54. The molecular formula is C8H15NO2. The molecule has 1 unspecified atom stereocenters. The van der Waals surface area contributed by atoms with E-state index in [0.29, 0.717) is 0 Å². The maximum atomic E-state index is 5.76. The second-order valence-corrected chi connectivity index (χ2v) is 3.36. The standard InChI is InChI=1S/C8H15NO2/c1-4-10-7-8(11-5-1)2-3-9-6-8/h9H,1-7H2. The van der Waals surface area contributed by atoms with Gasteiger partial charge < -0.3 is 14.8 Å². The highest BCUT2D eigenvalue weighted by atomic mass is 16.6. The lowest BCUT2D eigenvalue weighted by Gasteiger charge is -2.25. The molecule has 11 heavy (non-hydrogen) atoms. The van der Waals surface area contributed by atoms with Gasteiger partial charge in [0.15, 0.2) is 0 Å². The highest BCUT2D eigenvalue weighted by Gasteiger charge is 2.35. The van der Waals surface area contributed by atoms with Crippen molar-refractivity contribution in [2.24, 2.45) is 0 Å². The topological polar surface area (TPSA) is 30.5 Å². The van der Waals surface area contributed by atoms with Gasteiger partial charge in [-0.05, 0) is 19.4 Å². The van der Waals surface area contributed by atoms with Crippen molar-refractivity contribution in [2.75, 3.05) is 32.9 Å². The highest BCUT2D eigenvalue weighted by molar-refractivity contribution is 4.90. The highest BCUT2D eigenvalue weighted by Crippen LogP contribution is 2.22. The van der Waals surface area contributed by atoms with Crippen molar-refractivity contribution in [2.45, 2.75) is 18.4 Å². The minimum absolute atomic E-state index is 0.0243. The summed E-state index contributed by atoms with van der Waals surface area (Å²) in [5.41, 5.74) is 0.0243. The Labute approximate surface area is 67.1 Å². The smallest absolute Gasteiger partial charge is 0.105 e. The van der Waals surface area contributed by atoms with E-state index < -0.39 is 0 Å². The Hall–Kier alpha value is -0.120. The van der Waals surface area contributed by atoms with Crippen LogP contribution in [0.4, 0.5) is 0 Å². The molecule has 2 saturated heterocycles. The number of rotatable bonds is 0. The molecule has 0 amide bonds. The predicted molar refractivity (Wildman–Crippen MR) is 41.6 cm³/mol. The molecule has 0 aliphatic carbocycles. The van der Waals surface area contributed by atoms with Crippen LogP contribution in [0.2, 0.25) is 0 Å². The average Bonchev–Trinajstić information content (AvgIpc) is 2.32. The SMILES string of the molecule is C1COCC2(CCNC2)OC1. The van der Waals surface area contributed by atoms with Crippen LogP contribution in [0.5, 0.6) is 0 Å². The molecule has 0 aromatic heterocycles. The van der Waals surface area contributed by atoms with Crippen molar-refractivity contribution >= 4 is 0 Å². The predicted octanol–water partition coefficient (Wildman–Crippen LogP) is 0.155. The first-order chi connectivity index (χ1) is 5.41. The lowest BCUT2D eigenvalue weighted by atomic mass is 10.1. The second kappa shape index (κ2) is 3.09. The zero-order chi connectivity index (χ0) is 7.57. The van der Waals surface area contributed by atoms with Crippen LogP contribution in [-0.2, 0) is 9.47 Å². The molecule has 0 aromatic carbocycles. The van der Waals surface area contributed by atoms with Crippen molar-refractivity contribution in [1.29, 1.82) is 0 Å². The summed E-state index contributed by atoms with van der Waals surface area (Å²) in [4.78, 5) is 0. The molecule has 64 valence electrons. The molecule has 2 aliphatic heterocycles. The summed E-state index contributed by atoms with van der Waals surface area (Å²) in [5, 5.41) is 3.31. The van der Waals surface area contributed by atoms with E-state index in [2.05, 4.69) is 5.32 Å². The molecule has 0 saturated carbocycles. The Bertz CT molecular complexity index is 122. The molecule has 0 radical (unpaired) electrons. The Morgan fingerprint density at radius 3 is 3.09 bits per heavy atom. The molecule has 0 aromatic rings. The quantitative estimate of drug-likeness (QED) is 0.543. The third-order valence-electron chi connectivity index (χ3n) is 2.41. The molecule has 1 spiro atoms. The lowest BCUT2D eigenvalue weighted by Crippen LogP contribution is -2.38. The van der Waals surface area contributed by atoms with Crippen molar-refractivity contribution < 1.29 is 9.47 Å². The van der Waals surface area contributed by atoms with Crippen molar-refractivity contribution in [1.82, 2.24) is 5.32 Å². The average molecular weight is 157 g/mol. The van der Waals surface area contributed by atoms with Crippen LogP contribution in [0, 0.1) is 0 Å². The van der Waals surface area contributed by atoms with Crippen molar-refractivity contribution in [3.8, 4) is 0 Å². The Morgan fingerprint density at radius 1 is 1.27 bits per heavy atom. The first-order valence-corrected chi connectivity index (χ1v) is 4.34. The number of ether oxygens (including phenoxy) is 2. The van der Waals surface area contributed by atoms with Gasteiger partial charge in [0, 0.05) is 19.8 Å². The Balaban J connectivity index is 1.97. The first kappa shape index (κ1) is 7.53. The minimum Gasteiger partial charge on any atom is -0.378 e. The fourth-order valence-electron chi connectivity index (χ4n) is 1.72. The van der Waals surface area contributed by atoms with E-state index in [4.69, 9.17) is 9.47 Å². The molecule has 2 fully saturated rings. The summed E-state index contributed by atoms with van der Waals surface area (Å²) in [6.07, 6.45) is 2.15.